The van der Waals surface area contributed by atoms with Crippen LogP contribution in [0, 0.1) is 0 Å². The van der Waals surface area contributed by atoms with Gasteiger partial charge in [-0.25, -0.2) is 0 Å². The highest BCUT2D eigenvalue weighted by atomic mass is 32.2. The predicted octanol–water partition coefficient (Wildman–Crippen LogP) is 0.509. The van der Waals surface area contributed by atoms with E-state index >= 15 is 0 Å². The number of nitrogens with zero attached hydrogens (tertiary/aromatic N) is 1. The number of aromatic amines is 1. The summed E-state index contributed by atoms with van der Waals surface area (Å²) in [4.78, 5) is 18.2. The number of ether oxygens (including phenoxy) is 2. The van der Waals surface area contributed by atoms with Crippen LogP contribution in [0.15, 0.2) is 9.69 Å². The largest absolute Gasteiger partial charge is 0.480 e. The zero-order valence-electron chi connectivity index (χ0n) is 7.58. The number of hydrogen-bond donors (Lipinski definition) is 1. The first-order valence-corrected chi connectivity index (χ1v) is 4.71. The van der Waals surface area contributed by atoms with Gasteiger partial charge in [-0.1, -0.05) is 0 Å². The molecule has 0 bridgehead atoms. The number of aromatic nitrogens is 2. The Morgan fingerprint density at radius 1 is 1.38 bits per heavy atom. The zero-order valence-corrected chi connectivity index (χ0v) is 8.40. The zero-order chi connectivity index (χ0) is 9.84. The molecule has 1 heterocycles. The molecule has 6 heteroatoms. The Labute approximate surface area is 79.5 Å². The van der Waals surface area contributed by atoms with E-state index in [-0.39, 0.29) is 17.4 Å². The minimum absolute atomic E-state index is 0.152. The lowest BCUT2D eigenvalue weighted by Crippen LogP contribution is -2.12. The normalized spacial score (nSPS) is 9.77. The van der Waals surface area contributed by atoms with Gasteiger partial charge in [-0.05, 0) is 6.26 Å². The van der Waals surface area contributed by atoms with Crippen molar-refractivity contribution < 1.29 is 9.47 Å². The third kappa shape index (κ3) is 1.95. The molecule has 1 rings (SSSR count). The van der Waals surface area contributed by atoms with E-state index in [1.54, 1.807) is 6.26 Å². The van der Waals surface area contributed by atoms with Crippen molar-refractivity contribution in [2.45, 2.75) is 4.90 Å². The van der Waals surface area contributed by atoms with Gasteiger partial charge in [-0.3, -0.25) is 9.78 Å². The Hall–Kier alpha value is -1.17. The van der Waals surface area contributed by atoms with Crippen LogP contribution in [0.4, 0.5) is 0 Å². The molecule has 0 unspecified atom stereocenters. The van der Waals surface area contributed by atoms with E-state index in [4.69, 9.17) is 9.47 Å². The number of hydrogen-bond acceptors (Lipinski definition) is 5. The van der Waals surface area contributed by atoms with Gasteiger partial charge in [0.15, 0.2) is 0 Å². The van der Waals surface area contributed by atoms with E-state index in [0.29, 0.717) is 4.90 Å². The van der Waals surface area contributed by atoms with Crippen LogP contribution in [0.25, 0.3) is 0 Å². The molecule has 0 aliphatic heterocycles. The van der Waals surface area contributed by atoms with Gasteiger partial charge in [0.05, 0.1) is 14.2 Å². The lowest BCUT2D eigenvalue weighted by atomic mass is 10.6. The molecule has 0 amide bonds. The van der Waals surface area contributed by atoms with Gasteiger partial charge in [-0.2, -0.15) is 4.98 Å². The molecule has 0 aliphatic rings. The number of H-pyrrole nitrogens is 1. The van der Waals surface area contributed by atoms with Crippen molar-refractivity contribution in [3.63, 3.8) is 0 Å². The van der Waals surface area contributed by atoms with E-state index < -0.39 is 0 Å². The molecule has 1 N–H and O–H groups in total. The maximum atomic E-state index is 11.3. The fraction of sp³-hybridized carbons (Fsp3) is 0.429. The van der Waals surface area contributed by atoms with E-state index in [1.807, 2.05) is 0 Å². The molecule has 72 valence electrons. The molecule has 0 saturated carbocycles. The summed E-state index contributed by atoms with van der Waals surface area (Å²) in [5, 5.41) is 0. The summed E-state index contributed by atoms with van der Waals surface area (Å²) >= 11 is 1.28. The van der Waals surface area contributed by atoms with E-state index in [2.05, 4.69) is 9.97 Å². The van der Waals surface area contributed by atoms with Crippen molar-refractivity contribution in [2.75, 3.05) is 20.5 Å². The van der Waals surface area contributed by atoms with Gasteiger partial charge >= 0.3 is 0 Å². The van der Waals surface area contributed by atoms with Crippen LogP contribution in [-0.2, 0) is 0 Å². The summed E-state index contributed by atoms with van der Waals surface area (Å²) < 4.78 is 9.71. The van der Waals surface area contributed by atoms with E-state index in [1.165, 1.54) is 26.0 Å². The molecule has 13 heavy (non-hydrogen) atoms. The molecule has 0 atom stereocenters. The first-order chi connectivity index (χ1) is 6.22. The molecule has 0 spiro atoms. The molecule has 1 aromatic rings. The third-order valence-corrected chi connectivity index (χ3v) is 2.18. The first kappa shape index (κ1) is 9.91. The quantitative estimate of drug-likeness (QED) is 0.723. The fourth-order valence-electron chi connectivity index (χ4n) is 0.837. The molecule has 0 aromatic carbocycles. The third-order valence-electron chi connectivity index (χ3n) is 1.41. The molecule has 0 fully saturated rings. The van der Waals surface area contributed by atoms with Gasteiger partial charge < -0.3 is 9.47 Å². The second kappa shape index (κ2) is 4.18. The van der Waals surface area contributed by atoms with Crippen LogP contribution in [0.1, 0.15) is 0 Å². The lowest BCUT2D eigenvalue weighted by Gasteiger charge is -2.05. The van der Waals surface area contributed by atoms with Gasteiger partial charge in [-0.15, -0.1) is 11.8 Å². The summed E-state index contributed by atoms with van der Waals surface area (Å²) in [6.07, 6.45) is 1.78. The first-order valence-electron chi connectivity index (χ1n) is 3.49. The minimum atomic E-state index is -0.254. The van der Waals surface area contributed by atoms with Crippen LogP contribution < -0.4 is 15.0 Å². The van der Waals surface area contributed by atoms with Crippen LogP contribution >= 0.6 is 11.8 Å². The Bertz CT molecular complexity index is 350. The van der Waals surface area contributed by atoms with E-state index in [0.717, 1.165) is 0 Å². The van der Waals surface area contributed by atoms with Gasteiger partial charge in [0.2, 0.25) is 5.88 Å². The minimum Gasteiger partial charge on any atom is -0.480 e. The lowest BCUT2D eigenvalue weighted by molar-refractivity contribution is 0.342. The monoisotopic (exact) mass is 202 g/mol. The Morgan fingerprint density at radius 2 is 2.08 bits per heavy atom. The molecule has 0 radical (unpaired) electrons. The molecule has 1 aromatic heterocycles. The van der Waals surface area contributed by atoms with Crippen LogP contribution in [0.2, 0.25) is 0 Å². The predicted molar refractivity (Wildman–Crippen MR) is 49.7 cm³/mol. The number of nitrogens with one attached hydrogen (secondary N) is 1. The highest BCUT2D eigenvalue weighted by Gasteiger charge is 2.10. The Morgan fingerprint density at radius 3 is 2.54 bits per heavy atom. The average molecular weight is 202 g/mol. The van der Waals surface area contributed by atoms with Crippen molar-refractivity contribution in [3.05, 3.63) is 10.4 Å². The average Bonchev–Trinajstić information content (AvgIpc) is 2.16. The van der Waals surface area contributed by atoms with Crippen LogP contribution in [0.5, 0.6) is 11.9 Å². The molecular formula is C7H10N2O3S. The maximum Gasteiger partial charge on any atom is 0.299 e. The molecule has 0 saturated heterocycles. The van der Waals surface area contributed by atoms with E-state index in [9.17, 15) is 4.79 Å². The summed E-state index contributed by atoms with van der Waals surface area (Å²) in [6.45, 7) is 0. The van der Waals surface area contributed by atoms with Crippen LogP contribution in [0.3, 0.4) is 0 Å². The van der Waals surface area contributed by atoms with Crippen molar-refractivity contribution in [3.8, 4) is 11.9 Å². The summed E-state index contributed by atoms with van der Waals surface area (Å²) in [7, 11) is 2.89. The number of methoxy groups -OCH3 is 2. The topological polar surface area (TPSA) is 64.2 Å². The van der Waals surface area contributed by atoms with Crippen molar-refractivity contribution >= 4 is 11.8 Å². The highest BCUT2D eigenvalue weighted by Crippen LogP contribution is 2.21. The Kier molecular flexibility index (Phi) is 3.18. The summed E-state index contributed by atoms with van der Waals surface area (Å²) in [5.74, 6) is 0.285. The smallest absolute Gasteiger partial charge is 0.299 e. The van der Waals surface area contributed by atoms with Gasteiger partial charge in [0.1, 0.15) is 4.90 Å². The molecule has 0 aliphatic carbocycles. The van der Waals surface area contributed by atoms with Crippen molar-refractivity contribution in [2.24, 2.45) is 0 Å². The van der Waals surface area contributed by atoms with Crippen molar-refractivity contribution in [1.82, 2.24) is 9.97 Å². The SMILES string of the molecule is COc1nc(OC)c(SC)c(=O)[nH]1. The van der Waals surface area contributed by atoms with Crippen LogP contribution in [-0.4, -0.2) is 30.4 Å². The number of rotatable bonds is 3. The second-order valence-electron chi connectivity index (χ2n) is 2.12. The maximum absolute atomic E-state index is 11.3. The van der Waals surface area contributed by atoms with Gasteiger partial charge in [0.25, 0.3) is 11.6 Å². The van der Waals surface area contributed by atoms with Crippen molar-refractivity contribution in [1.29, 1.82) is 0 Å². The Balaban J connectivity index is 3.29. The molecular weight excluding hydrogens is 192 g/mol. The highest BCUT2D eigenvalue weighted by molar-refractivity contribution is 7.98. The number of thioether (sulfide) groups is 1. The second-order valence-corrected chi connectivity index (χ2v) is 2.93. The van der Waals surface area contributed by atoms with Gasteiger partial charge in [0, 0.05) is 0 Å². The summed E-state index contributed by atoms with van der Waals surface area (Å²) in [5.41, 5.74) is -0.254. The standard InChI is InChI=1S/C7H10N2O3S/c1-11-6-4(13-3)5(10)8-7(9-6)12-2/h1-3H3,(H,8,9,10). The summed E-state index contributed by atoms with van der Waals surface area (Å²) in [6, 6.07) is 0.152. The molecule has 5 nitrogen and oxygen atoms in total. The fourth-order valence-corrected chi connectivity index (χ4v) is 1.38.